The van der Waals surface area contributed by atoms with Gasteiger partial charge in [-0.1, -0.05) is 35.0 Å². The highest BCUT2D eigenvalue weighted by Gasteiger charge is 2.17. The van der Waals surface area contributed by atoms with E-state index in [4.69, 9.17) is 16.1 Å². The summed E-state index contributed by atoms with van der Waals surface area (Å²) in [6, 6.07) is 7.88. The molecule has 2 atom stereocenters. The summed E-state index contributed by atoms with van der Waals surface area (Å²) in [5.41, 5.74) is 1.06. The number of nitrogens with one attached hydrogen (secondary N) is 1. The molecule has 1 aromatic carbocycles. The number of nitrogens with zero attached hydrogens (tertiary/aromatic N) is 2. The van der Waals surface area contributed by atoms with Crippen molar-refractivity contribution in [2.45, 2.75) is 32.9 Å². The highest BCUT2D eigenvalue weighted by molar-refractivity contribution is 6.31. The molecular formula is C13H16ClN3O. The van der Waals surface area contributed by atoms with Crippen LogP contribution in [0.15, 0.2) is 28.8 Å². The molecule has 96 valence electrons. The van der Waals surface area contributed by atoms with Crippen LogP contribution in [0.5, 0.6) is 0 Å². The van der Waals surface area contributed by atoms with E-state index < -0.39 is 0 Å². The fourth-order valence-corrected chi connectivity index (χ4v) is 2.15. The van der Waals surface area contributed by atoms with Crippen molar-refractivity contribution in [3.05, 3.63) is 46.6 Å². The van der Waals surface area contributed by atoms with Crippen LogP contribution in [0.4, 0.5) is 0 Å². The highest BCUT2D eigenvalue weighted by atomic mass is 35.5. The number of aryl methyl sites for hydroxylation is 1. The monoisotopic (exact) mass is 265 g/mol. The minimum absolute atomic E-state index is 0.0162. The lowest BCUT2D eigenvalue weighted by molar-refractivity contribution is 0.326. The van der Waals surface area contributed by atoms with Gasteiger partial charge in [0.1, 0.15) is 0 Å². The Labute approximate surface area is 111 Å². The molecule has 0 saturated heterocycles. The van der Waals surface area contributed by atoms with Crippen LogP contribution in [0.1, 0.15) is 43.2 Å². The average molecular weight is 266 g/mol. The molecule has 1 N–H and O–H groups in total. The number of hydrogen-bond donors (Lipinski definition) is 1. The molecule has 1 aromatic heterocycles. The van der Waals surface area contributed by atoms with Gasteiger partial charge in [-0.05, 0) is 32.4 Å². The van der Waals surface area contributed by atoms with E-state index in [1.165, 1.54) is 0 Å². The third kappa shape index (κ3) is 2.89. The molecule has 2 aromatic rings. The van der Waals surface area contributed by atoms with Crippen LogP contribution >= 0.6 is 11.6 Å². The van der Waals surface area contributed by atoms with Crippen molar-refractivity contribution >= 4 is 11.6 Å². The summed E-state index contributed by atoms with van der Waals surface area (Å²) in [4.78, 5) is 4.21. The fraction of sp³-hybridized carbons (Fsp3) is 0.385. The standard InChI is InChI=1S/C13H16ClN3O/c1-8(11-6-4-5-7-12(11)14)15-9(2)13-16-10(3)17-18-13/h4-9,15H,1-3H3/t8-,9-/m0/s1. The molecule has 0 aliphatic heterocycles. The van der Waals surface area contributed by atoms with Crippen LogP contribution in [0, 0.1) is 6.92 Å². The highest BCUT2D eigenvalue weighted by Crippen LogP contribution is 2.24. The molecule has 0 aliphatic carbocycles. The van der Waals surface area contributed by atoms with Crippen molar-refractivity contribution in [1.29, 1.82) is 0 Å². The average Bonchev–Trinajstić information content (AvgIpc) is 2.76. The minimum atomic E-state index is -0.0162. The van der Waals surface area contributed by atoms with Gasteiger partial charge in [-0.15, -0.1) is 0 Å². The van der Waals surface area contributed by atoms with E-state index in [1.54, 1.807) is 6.92 Å². The summed E-state index contributed by atoms with van der Waals surface area (Å²) in [6.45, 7) is 5.85. The van der Waals surface area contributed by atoms with E-state index in [9.17, 15) is 0 Å². The van der Waals surface area contributed by atoms with Crippen molar-refractivity contribution in [3.8, 4) is 0 Å². The molecule has 0 amide bonds. The van der Waals surface area contributed by atoms with Gasteiger partial charge in [0.2, 0.25) is 5.89 Å². The summed E-state index contributed by atoms with van der Waals surface area (Å²) in [6.07, 6.45) is 0. The van der Waals surface area contributed by atoms with Crippen molar-refractivity contribution in [1.82, 2.24) is 15.5 Å². The Morgan fingerprint density at radius 3 is 2.56 bits per heavy atom. The normalized spacial score (nSPS) is 14.4. The van der Waals surface area contributed by atoms with Gasteiger partial charge >= 0.3 is 0 Å². The van der Waals surface area contributed by atoms with E-state index in [-0.39, 0.29) is 12.1 Å². The molecule has 1 heterocycles. The quantitative estimate of drug-likeness (QED) is 0.920. The van der Waals surface area contributed by atoms with Crippen LogP contribution in [-0.4, -0.2) is 10.1 Å². The van der Waals surface area contributed by atoms with Gasteiger partial charge in [-0.2, -0.15) is 4.98 Å². The molecule has 5 heteroatoms. The predicted octanol–water partition coefficient (Wildman–Crippen LogP) is 3.44. The zero-order valence-corrected chi connectivity index (χ0v) is 11.4. The Morgan fingerprint density at radius 2 is 1.94 bits per heavy atom. The smallest absolute Gasteiger partial charge is 0.243 e. The zero-order chi connectivity index (χ0) is 13.1. The molecule has 0 saturated carbocycles. The van der Waals surface area contributed by atoms with E-state index in [0.29, 0.717) is 11.7 Å². The number of rotatable bonds is 4. The Kier molecular flexibility index (Phi) is 3.99. The minimum Gasteiger partial charge on any atom is -0.338 e. The topological polar surface area (TPSA) is 51.0 Å². The van der Waals surface area contributed by atoms with Crippen LogP contribution < -0.4 is 5.32 Å². The maximum absolute atomic E-state index is 6.16. The van der Waals surface area contributed by atoms with Crippen LogP contribution in [0.25, 0.3) is 0 Å². The Bertz CT molecular complexity index is 526. The number of hydrogen-bond acceptors (Lipinski definition) is 4. The summed E-state index contributed by atoms with van der Waals surface area (Å²) in [5.74, 6) is 1.23. The fourth-order valence-electron chi connectivity index (χ4n) is 1.85. The molecule has 0 unspecified atom stereocenters. The predicted molar refractivity (Wildman–Crippen MR) is 70.5 cm³/mol. The van der Waals surface area contributed by atoms with Gasteiger partial charge < -0.3 is 4.52 Å². The molecule has 0 bridgehead atoms. The lowest BCUT2D eigenvalue weighted by Crippen LogP contribution is -2.23. The molecule has 18 heavy (non-hydrogen) atoms. The zero-order valence-electron chi connectivity index (χ0n) is 10.6. The number of halogens is 1. The Balaban J connectivity index is 2.08. The summed E-state index contributed by atoms with van der Waals surface area (Å²) < 4.78 is 5.14. The SMILES string of the molecule is Cc1noc([C@H](C)N[C@@H](C)c2ccccc2Cl)n1. The first-order valence-electron chi connectivity index (χ1n) is 5.88. The largest absolute Gasteiger partial charge is 0.338 e. The first-order chi connectivity index (χ1) is 8.58. The second-order valence-corrected chi connectivity index (χ2v) is 4.72. The maximum Gasteiger partial charge on any atom is 0.243 e. The van der Waals surface area contributed by atoms with Gasteiger partial charge in [-0.25, -0.2) is 0 Å². The summed E-state index contributed by atoms with van der Waals surface area (Å²) >= 11 is 6.16. The lowest BCUT2D eigenvalue weighted by Gasteiger charge is -2.18. The molecular weight excluding hydrogens is 250 g/mol. The van der Waals surface area contributed by atoms with Gasteiger partial charge in [0.25, 0.3) is 0 Å². The van der Waals surface area contributed by atoms with Gasteiger partial charge in [0, 0.05) is 11.1 Å². The first kappa shape index (κ1) is 13.1. The third-order valence-electron chi connectivity index (χ3n) is 2.79. The molecule has 0 fully saturated rings. The molecule has 2 rings (SSSR count). The Morgan fingerprint density at radius 1 is 1.22 bits per heavy atom. The second kappa shape index (κ2) is 5.50. The summed E-state index contributed by atoms with van der Waals surface area (Å²) in [5, 5.41) is 7.92. The van der Waals surface area contributed by atoms with Crippen molar-refractivity contribution < 1.29 is 4.52 Å². The van der Waals surface area contributed by atoms with Gasteiger partial charge in [-0.3, -0.25) is 5.32 Å². The Hall–Kier alpha value is -1.39. The third-order valence-corrected chi connectivity index (χ3v) is 3.13. The van der Waals surface area contributed by atoms with E-state index in [2.05, 4.69) is 22.4 Å². The second-order valence-electron chi connectivity index (χ2n) is 4.31. The maximum atomic E-state index is 6.16. The van der Waals surface area contributed by atoms with Crippen molar-refractivity contribution in [3.63, 3.8) is 0 Å². The summed E-state index contributed by atoms with van der Waals surface area (Å²) in [7, 11) is 0. The molecule has 0 spiro atoms. The van der Waals surface area contributed by atoms with Gasteiger partial charge in [0.05, 0.1) is 6.04 Å². The molecule has 0 radical (unpaired) electrons. The van der Waals surface area contributed by atoms with Crippen LogP contribution in [0.2, 0.25) is 5.02 Å². The lowest BCUT2D eigenvalue weighted by atomic mass is 10.1. The van der Waals surface area contributed by atoms with E-state index in [1.807, 2.05) is 31.2 Å². The van der Waals surface area contributed by atoms with Gasteiger partial charge in [0.15, 0.2) is 5.82 Å². The number of aromatic nitrogens is 2. The van der Waals surface area contributed by atoms with Crippen LogP contribution in [-0.2, 0) is 0 Å². The van der Waals surface area contributed by atoms with E-state index in [0.717, 1.165) is 10.6 Å². The van der Waals surface area contributed by atoms with Crippen LogP contribution in [0.3, 0.4) is 0 Å². The molecule has 0 aliphatic rings. The number of benzene rings is 1. The van der Waals surface area contributed by atoms with E-state index >= 15 is 0 Å². The first-order valence-corrected chi connectivity index (χ1v) is 6.26. The van der Waals surface area contributed by atoms with Crippen molar-refractivity contribution in [2.75, 3.05) is 0 Å². The van der Waals surface area contributed by atoms with Crippen molar-refractivity contribution in [2.24, 2.45) is 0 Å². The molecule has 4 nitrogen and oxygen atoms in total.